The number of nitrogens with zero attached hydrogens (tertiary/aromatic N) is 1. The molecule has 96 valence electrons. The van der Waals surface area contributed by atoms with Crippen LogP contribution in [0, 0.1) is 5.92 Å². The van der Waals surface area contributed by atoms with Crippen LogP contribution in [0.15, 0.2) is 0 Å². The molecule has 5 nitrogen and oxygen atoms in total. The van der Waals surface area contributed by atoms with Crippen molar-refractivity contribution in [2.75, 3.05) is 26.7 Å². The van der Waals surface area contributed by atoms with Crippen LogP contribution in [0.3, 0.4) is 0 Å². The molecule has 1 aliphatic carbocycles. The number of amides is 2. The molecule has 1 saturated heterocycles. The summed E-state index contributed by atoms with van der Waals surface area (Å²) in [5, 5.41) is 5.68. The van der Waals surface area contributed by atoms with Gasteiger partial charge in [-0.25, -0.2) is 0 Å². The first kappa shape index (κ1) is 12.4. The van der Waals surface area contributed by atoms with E-state index in [1.165, 1.54) is 25.7 Å². The number of hydrogen-bond donors (Lipinski definition) is 2. The maximum Gasteiger partial charge on any atom is 0.241 e. The van der Waals surface area contributed by atoms with Gasteiger partial charge in [-0.15, -0.1) is 0 Å². The topological polar surface area (TPSA) is 61.4 Å². The van der Waals surface area contributed by atoms with Crippen LogP contribution in [0.2, 0.25) is 0 Å². The lowest BCUT2D eigenvalue weighted by Crippen LogP contribution is -2.58. The van der Waals surface area contributed by atoms with Gasteiger partial charge in [-0.2, -0.15) is 0 Å². The van der Waals surface area contributed by atoms with Gasteiger partial charge in [-0.3, -0.25) is 14.9 Å². The lowest BCUT2D eigenvalue weighted by molar-refractivity contribution is -0.134. The van der Waals surface area contributed by atoms with Gasteiger partial charge in [0, 0.05) is 20.1 Å². The third-order valence-corrected chi connectivity index (χ3v) is 3.69. The number of likely N-dealkylation sites (N-methyl/N-ethyl adjacent to an activating group) is 1. The Morgan fingerprint density at radius 2 is 2.12 bits per heavy atom. The highest BCUT2D eigenvalue weighted by molar-refractivity contribution is 5.86. The summed E-state index contributed by atoms with van der Waals surface area (Å²) < 4.78 is 0. The van der Waals surface area contributed by atoms with Gasteiger partial charge < -0.3 is 10.2 Å². The smallest absolute Gasteiger partial charge is 0.241 e. The van der Waals surface area contributed by atoms with E-state index in [1.807, 2.05) is 11.9 Å². The van der Waals surface area contributed by atoms with Crippen LogP contribution in [0.1, 0.15) is 25.7 Å². The van der Waals surface area contributed by atoms with E-state index in [-0.39, 0.29) is 24.4 Å². The molecule has 0 aromatic heterocycles. The van der Waals surface area contributed by atoms with Crippen molar-refractivity contribution in [2.45, 2.75) is 31.7 Å². The van der Waals surface area contributed by atoms with Crippen LogP contribution in [0.4, 0.5) is 0 Å². The zero-order valence-corrected chi connectivity index (χ0v) is 10.4. The molecule has 0 aromatic rings. The van der Waals surface area contributed by atoms with Gasteiger partial charge >= 0.3 is 0 Å². The van der Waals surface area contributed by atoms with Crippen molar-refractivity contribution >= 4 is 11.8 Å². The lowest BCUT2D eigenvalue weighted by Gasteiger charge is -2.29. The Kier molecular flexibility index (Phi) is 3.99. The SMILES string of the molecule is CN(CC1CCCC1)C(=O)C1CNC(=O)CN1. The molecule has 1 aliphatic heterocycles. The van der Waals surface area contributed by atoms with E-state index in [0.29, 0.717) is 12.5 Å². The largest absolute Gasteiger partial charge is 0.353 e. The highest BCUT2D eigenvalue weighted by Gasteiger charge is 2.27. The fraction of sp³-hybridized carbons (Fsp3) is 0.833. The molecule has 17 heavy (non-hydrogen) atoms. The van der Waals surface area contributed by atoms with Crippen LogP contribution in [0.25, 0.3) is 0 Å². The van der Waals surface area contributed by atoms with Gasteiger partial charge in [-0.05, 0) is 18.8 Å². The molecule has 0 bridgehead atoms. The molecular formula is C12H21N3O2. The quantitative estimate of drug-likeness (QED) is 0.712. The summed E-state index contributed by atoms with van der Waals surface area (Å²) in [6.07, 6.45) is 5.08. The normalized spacial score (nSPS) is 25.7. The van der Waals surface area contributed by atoms with Gasteiger partial charge in [0.25, 0.3) is 0 Å². The average Bonchev–Trinajstić information content (AvgIpc) is 2.82. The predicted molar refractivity (Wildman–Crippen MR) is 64.4 cm³/mol. The first-order valence-corrected chi connectivity index (χ1v) is 6.42. The number of carbonyl (C=O) groups is 2. The van der Waals surface area contributed by atoms with E-state index in [2.05, 4.69) is 10.6 Å². The highest BCUT2D eigenvalue weighted by Crippen LogP contribution is 2.25. The minimum atomic E-state index is -0.251. The molecule has 1 unspecified atom stereocenters. The van der Waals surface area contributed by atoms with Gasteiger partial charge in [-0.1, -0.05) is 12.8 Å². The zero-order valence-electron chi connectivity index (χ0n) is 10.4. The fourth-order valence-corrected chi connectivity index (χ4v) is 2.68. The van der Waals surface area contributed by atoms with Crippen LogP contribution in [0.5, 0.6) is 0 Å². The number of rotatable bonds is 3. The maximum atomic E-state index is 12.1. The fourth-order valence-electron chi connectivity index (χ4n) is 2.68. The Balaban J connectivity index is 1.79. The Bertz CT molecular complexity index is 290. The first-order chi connectivity index (χ1) is 8.16. The summed E-state index contributed by atoms with van der Waals surface area (Å²) in [5.41, 5.74) is 0. The summed E-state index contributed by atoms with van der Waals surface area (Å²) in [6, 6.07) is -0.251. The standard InChI is InChI=1S/C12H21N3O2/c1-15(8-9-4-2-3-5-9)12(17)10-6-14-11(16)7-13-10/h9-10,13H,2-8H2,1H3,(H,14,16). The van der Waals surface area contributed by atoms with E-state index in [0.717, 1.165) is 6.54 Å². The molecule has 1 heterocycles. The van der Waals surface area contributed by atoms with Gasteiger partial charge in [0.1, 0.15) is 6.04 Å². The molecule has 2 N–H and O–H groups in total. The molecule has 5 heteroatoms. The van der Waals surface area contributed by atoms with Gasteiger partial charge in [0.05, 0.1) is 6.54 Å². The van der Waals surface area contributed by atoms with Crippen molar-refractivity contribution in [1.82, 2.24) is 15.5 Å². The second kappa shape index (κ2) is 5.49. The Labute approximate surface area is 102 Å². The lowest BCUT2D eigenvalue weighted by atomic mass is 10.1. The van der Waals surface area contributed by atoms with Gasteiger partial charge in [0.2, 0.25) is 11.8 Å². The summed E-state index contributed by atoms with van der Waals surface area (Å²) in [7, 11) is 1.86. The molecule has 2 rings (SSSR count). The van der Waals surface area contributed by atoms with E-state index >= 15 is 0 Å². The molecule has 1 saturated carbocycles. The molecule has 1 atom stereocenters. The van der Waals surface area contributed by atoms with Crippen molar-refractivity contribution in [3.8, 4) is 0 Å². The van der Waals surface area contributed by atoms with E-state index in [4.69, 9.17) is 0 Å². The van der Waals surface area contributed by atoms with Crippen molar-refractivity contribution < 1.29 is 9.59 Å². The van der Waals surface area contributed by atoms with Crippen LogP contribution in [-0.2, 0) is 9.59 Å². The van der Waals surface area contributed by atoms with Crippen LogP contribution >= 0.6 is 0 Å². The second-order valence-corrected chi connectivity index (χ2v) is 5.11. The third-order valence-electron chi connectivity index (χ3n) is 3.69. The summed E-state index contributed by atoms with van der Waals surface area (Å²) in [4.78, 5) is 24.9. The van der Waals surface area contributed by atoms with Crippen molar-refractivity contribution in [2.24, 2.45) is 5.92 Å². The maximum absolute atomic E-state index is 12.1. The van der Waals surface area contributed by atoms with E-state index in [9.17, 15) is 9.59 Å². The van der Waals surface area contributed by atoms with Crippen molar-refractivity contribution in [1.29, 1.82) is 0 Å². The van der Waals surface area contributed by atoms with Crippen LogP contribution in [-0.4, -0.2) is 49.4 Å². The van der Waals surface area contributed by atoms with Crippen LogP contribution < -0.4 is 10.6 Å². The highest BCUT2D eigenvalue weighted by atomic mass is 16.2. The Morgan fingerprint density at radius 1 is 1.41 bits per heavy atom. The average molecular weight is 239 g/mol. The Hall–Kier alpha value is -1.10. The number of hydrogen-bond acceptors (Lipinski definition) is 3. The summed E-state index contributed by atoms with van der Waals surface area (Å²) >= 11 is 0. The first-order valence-electron chi connectivity index (χ1n) is 6.42. The Morgan fingerprint density at radius 3 is 2.71 bits per heavy atom. The minimum Gasteiger partial charge on any atom is -0.353 e. The summed E-state index contributed by atoms with van der Waals surface area (Å²) in [6.45, 7) is 1.51. The minimum absolute atomic E-state index is 0.0347. The molecule has 0 aromatic carbocycles. The second-order valence-electron chi connectivity index (χ2n) is 5.11. The number of piperazine rings is 1. The predicted octanol–water partition coefficient (Wildman–Crippen LogP) is -0.277. The molecule has 0 spiro atoms. The molecular weight excluding hydrogens is 218 g/mol. The van der Waals surface area contributed by atoms with Crippen molar-refractivity contribution in [3.63, 3.8) is 0 Å². The molecule has 2 amide bonds. The van der Waals surface area contributed by atoms with E-state index in [1.54, 1.807) is 0 Å². The molecule has 0 radical (unpaired) electrons. The summed E-state index contributed by atoms with van der Waals surface area (Å²) in [5.74, 6) is 0.728. The molecule has 2 fully saturated rings. The van der Waals surface area contributed by atoms with Gasteiger partial charge in [0.15, 0.2) is 0 Å². The molecule has 2 aliphatic rings. The van der Waals surface area contributed by atoms with E-state index < -0.39 is 0 Å². The monoisotopic (exact) mass is 239 g/mol. The third kappa shape index (κ3) is 3.19. The van der Waals surface area contributed by atoms with Crippen molar-refractivity contribution in [3.05, 3.63) is 0 Å². The number of carbonyl (C=O) groups excluding carboxylic acids is 2. The zero-order chi connectivity index (χ0) is 12.3. The number of nitrogens with one attached hydrogen (secondary N) is 2.